The van der Waals surface area contributed by atoms with Crippen molar-refractivity contribution in [3.63, 3.8) is 0 Å². The maximum absolute atomic E-state index is 11.6. The van der Waals surface area contributed by atoms with Crippen LogP contribution in [0.25, 0.3) is 0 Å². The van der Waals surface area contributed by atoms with Crippen LogP contribution in [0.5, 0.6) is 0 Å². The summed E-state index contributed by atoms with van der Waals surface area (Å²) in [4.78, 5) is 34.0. The van der Waals surface area contributed by atoms with E-state index in [0.29, 0.717) is 18.8 Å². The summed E-state index contributed by atoms with van der Waals surface area (Å²) in [5.41, 5.74) is 0.0409. The second kappa shape index (κ2) is 8.29. The molecule has 0 aromatic heterocycles. The molecule has 1 fully saturated rings. The summed E-state index contributed by atoms with van der Waals surface area (Å²) >= 11 is 1.54. The first-order valence-electron chi connectivity index (χ1n) is 6.83. The Labute approximate surface area is 123 Å². The molecule has 0 aliphatic heterocycles. The highest BCUT2D eigenvalue weighted by atomic mass is 32.2. The molecule has 1 aliphatic rings. The summed E-state index contributed by atoms with van der Waals surface area (Å²) in [6, 6.07) is 0. The van der Waals surface area contributed by atoms with Crippen LogP contribution in [-0.4, -0.2) is 42.9 Å². The van der Waals surface area contributed by atoms with Gasteiger partial charge < -0.3 is 9.47 Å². The predicted molar refractivity (Wildman–Crippen MR) is 76.5 cm³/mol. The van der Waals surface area contributed by atoms with Gasteiger partial charge in [0, 0.05) is 6.42 Å². The van der Waals surface area contributed by atoms with Gasteiger partial charge in [0.1, 0.15) is 5.78 Å². The van der Waals surface area contributed by atoms with Gasteiger partial charge in [0.05, 0.1) is 32.3 Å². The monoisotopic (exact) mass is 302 g/mol. The zero-order valence-corrected chi connectivity index (χ0v) is 12.9. The van der Waals surface area contributed by atoms with Crippen molar-refractivity contribution in [1.29, 1.82) is 0 Å². The lowest BCUT2D eigenvalue weighted by atomic mass is 10.1. The van der Waals surface area contributed by atoms with E-state index in [4.69, 9.17) is 4.74 Å². The zero-order valence-electron chi connectivity index (χ0n) is 12.1. The van der Waals surface area contributed by atoms with E-state index < -0.39 is 0 Å². The van der Waals surface area contributed by atoms with Crippen LogP contribution in [0.4, 0.5) is 0 Å². The summed E-state index contributed by atoms with van der Waals surface area (Å²) in [7, 11) is 1.39. The van der Waals surface area contributed by atoms with E-state index in [1.165, 1.54) is 18.9 Å². The molecule has 0 saturated heterocycles. The Balaban J connectivity index is 2.13. The number of esters is 2. The standard InChI is InChI=1S/C14H22O5S/c1-3-19-12(16)5-4-11(15)9-20-10-14(6-7-14)8-13(17)18-2/h3-10H2,1-2H3. The van der Waals surface area contributed by atoms with Gasteiger partial charge >= 0.3 is 11.9 Å². The third kappa shape index (κ3) is 6.41. The summed E-state index contributed by atoms with van der Waals surface area (Å²) in [5.74, 6) is 0.735. The van der Waals surface area contributed by atoms with Gasteiger partial charge in [-0.1, -0.05) is 0 Å². The van der Waals surface area contributed by atoms with Crippen LogP contribution >= 0.6 is 11.8 Å². The van der Waals surface area contributed by atoms with Crippen LogP contribution in [-0.2, 0) is 23.9 Å². The number of ether oxygens (including phenoxy) is 2. The van der Waals surface area contributed by atoms with E-state index in [0.717, 1.165) is 18.6 Å². The van der Waals surface area contributed by atoms with Crippen molar-refractivity contribution in [3.8, 4) is 0 Å². The first-order chi connectivity index (χ1) is 9.51. The molecule has 1 rings (SSSR count). The van der Waals surface area contributed by atoms with Gasteiger partial charge in [0.15, 0.2) is 0 Å². The molecule has 1 aliphatic carbocycles. The van der Waals surface area contributed by atoms with Crippen LogP contribution in [0.1, 0.15) is 39.0 Å². The number of rotatable bonds is 10. The molecule has 0 radical (unpaired) electrons. The van der Waals surface area contributed by atoms with Crippen LogP contribution < -0.4 is 0 Å². The highest BCUT2D eigenvalue weighted by Gasteiger charge is 2.44. The maximum Gasteiger partial charge on any atom is 0.306 e. The number of hydrogen-bond acceptors (Lipinski definition) is 6. The topological polar surface area (TPSA) is 69.7 Å². The van der Waals surface area contributed by atoms with Gasteiger partial charge in [0.25, 0.3) is 0 Å². The van der Waals surface area contributed by atoms with E-state index in [1.807, 2.05) is 0 Å². The van der Waals surface area contributed by atoms with Crippen molar-refractivity contribution < 1.29 is 23.9 Å². The van der Waals surface area contributed by atoms with E-state index in [1.54, 1.807) is 6.92 Å². The van der Waals surface area contributed by atoms with Crippen molar-refractivity contribution in [2.24, 2.45) is 5.41 Å². The Kier molecular flexibility index (Phi) is 7.05. The molecule has 0 amide bonds. The number of thioether (sulfide) groups is 1. The third-order valence-electron chi connectivity index (χ3n) is 3.29. The summed E-state index contributed by atoms with van der Waals surface area (Å²) in [5, 5.41) is 0. The van der Waals surface area contributed by atoms with E-state index in [9.17, 15) is 14.4 Å². The fraction of sp³-hybridized carbons (Fsp3) is 0.786. The van der Waals surface area contributed by atoms with Gasteiger partial charge in [-0.05, 0) is 30.9 Å². The van der Waals surface area contributed by atoms with Gasteiger partial charge in [-0.15, -0.1) is 0 Å². The molecule has 0 heterocycles. The van der Waals surface area contributed by atoms with Gasteiger partial charge in [-0.3, -0.25) is 14.4 Å². The Hall–Kier alpha value is -1.04. The van der Waals surface area contributed by atoms with Crippen molar-refractivity contribution in [2.75, 3.05) is 25.2 Å². The minimum absolute atomic E-state index is 0.0409. The number of ketones is 1. The average Bonchev–Trinajstić information content (AvgIpc) is 3.16. The molecule has 5 nitrogen and oxygen atoms in total. The van der Waals surface area contributed by atoms with Crippen molar-refractivity contribution in [2.45, 2.75) is 39.0 Å². The average molecular weight is 302 g/mol. The highest BCUT2D eigenvalue weighted by molar-refractivity contribution is 8.00. The molecule has 0 atom stereocenters. The van der Waals surface area contributed by atoms with Crippen LogP contribution in [0.2, 0.25) is 0 Å². The first kappa shape index (κ1) is 17.0. The molecule has 6 heteroatoms. The Morgan fingerprint density at radius 2 is 1.85 bits per heavy atom. The van der Waals surface area contributed by atoms with Crippen molar-refractivity contribution >= 4 is 29.5 Å². The second-order valence-electron chi connectivity index (χ2n) is 5.09. The number of carbonyl (C=O) groups excluding carboxylic acids is 3. The fourth-order valence-corrected chi connectivity index (χ4v) is 3.15. The fourth-order valence-electron chi connectivity index (χ4n) is 1.86. The lowest BCUT2D eigenvalue weighted by Gasteiger charge is -2.12. The number of methoxy groups -OCH3 is 1. The van der Waals surface area contributed by atoms with Gasteiger partial charge in [-0.25, -0.2) is 0 Å². The molecule has 0 aromatic rings. The maximum atomic E-state index is 11.6. The van der Waals surface area contributed by atoms with E-state index in [2.05, 4.69) is 4.74 Å². The molecule has 1 saturated carbocycles. The highest BCUT2D eigenvalue weighted by Crippen LogP contribution is 2.51. The van der Waals surface area contributed by atoms with Crippen LogP contribution in [0.15, 0.2) is 0 Å². The van der Waals surface area contributed by atoms with Crippen LogP contribution in [0.3, 0.4) is 0 Å². The van der Waals surface area contributed by atoms with Crippen molar-refractivity contribution in [1.82, 2.24) is 0 Å². The third-order valence-corrected chi connectivity index (χ3v) is 4.63. The zero-order chi connectivity index (χ0) is 15.0. The smallest absolute Gasteiger partial charge is 0.306 e. The minimum atomic E-state index is -0.324. The lowest BCUT2D eigenvalue weighted by molar-refractivity contribution is -0.144. The van der Waals surface area contributed by atoms with E-state index >= 15 is 0 Å². The van der Waals surface area contributed by atoms with Gasteiger partial charge in [-0.2, -0.15) is 11.8 Å². The molecule has 114 valence electrons. The molecule has 20 heavy (non-hydrogen) atoms. The summed E-state index contributed by atoms with van der Waals surface area (Å²) in [6.07, 6.45) is 2.86. The summed E-state index contributed by atoms with van der Waals surface area (Å²) < 4.78 is 9.44. The molecular weight excluding hydrogens is 280 g/mol. The number of Topliss-reactive ketones (excluding diaryl/α,β-unsaturated/α-hetero) is 1. The first-order valence-corrected chi connectivity index (χ1v) is 7.99. The largest absolute Gasteiger partial charge is 0.469 e. The molecule has 0 aromatic carbocycles. The van der Waals surface area contributed by atoms with Gasteiger partial charge in [0.2, 0.25) is 0 Å². The quantitative estimate of drug-likeness (QED) is 0.575. The molecule has 0 bridgehead atoms. The number of hydrogen-bond donors (Lipinski definition) is 0. The van der Waals surface area contributed by atoms with Crippen molar-refractivity contribution in [3.05, 3.63) is 0 Å². The second-order valence-corrected chi connectivity index (χ2v) is 6.08. The number of carbonyl (C=O) groups is 3. The SMILES string of the molecule is CCOC(=O)CCC(=O)CSCC1(CC(=O)OC)CC1. The lowest BCUT2D eigenvalue weighted by Crippen LogP contribution is -2.15. The molecule has 0 N–H and O–H groups in total. The molecular formula is C14H22O5S. The Morgan fingerprint density at radius 3 is 2.40 bits per heavy atom. The Morgan fingerprint density at radius 1 is 1.15 bits per heavy atom. The van der Waals surface area contributed by atoms with E-state index in [-0.39, 0.29) is 36.0 Å². The minimum Gasteiger partial charge on any atom is -0.469 e. The Bertz CT molecular complexity index is 363. The molecule has 0 spiro atoms. The summed E-state index contributed by atoms with van der Waals surface area (Å²) in [6.45, 7) is 2.09. The normalized spacial score (nSPS) is 15.5. The molecule has 0 unspecified atom stereocenters. The predicted octanol–water partition coefficient (Wildman–Crippen LogP) is 1.98. The van der Waals surface area contributed by atoms with Crippen LogP contribution in [0, 0.1) is 5.41 Å².